The molecule has 0 aliphatic carbocycles. The maximum atomic E-state index is 12.6. The highest BCUT2D eigenvalue weighted by atomic mass is 32.1. The Bertz CT molecular complexity index is 1510. The summed E-state index contributed by atoms with van der Waals surface area (Å²) >= 11 is 1.08. The van der Waals surface area contributed by atoms with Crippen molar-refractivity contribution in [1.29, 1.82) is 0 Å². The molecule has 0 saturated carbocycles. The molecule has 0 bridgehead atoms. The topological polar surface area (TPSA) is 117 Å². The monoisotopic (exact) mass is 458 g/mol. The van der Waals surface area contributed by atoms with Crippen molar-refractivity contribution in [1.82, 2.24) is 19.2 Å². The van der Waals surface area contributed by atoms with Gasteiger partial charge in [-0.2, -0.15) is 4.37 Å². The lowest BCUT2D eigenvalue weighted by Gasteiger charge is -2.11. The zero-order chi connectivity index (χ0) is 22.9. The molecule has 5 rings (SSSR count). The van der Waals surface area contributed by atoms with Crippen LogP contribution in [0.5, 0.6) is 5.75 Å². The number of nitrogens with one attached hydrogen (secondary N) is 1. The average Bonchev–Trinajstić information content (AvgIpc) is 3.44. The number of pyridine rings is 1. The lowest BCUT2D eigenvalue weighted by molar-refractivity contribution is -0.135. The van der Waals surface area contributed by atoms with Gasteiger partial charge in [0.25, 0.3) is 5.91 Å². The van der Waals surface area contributed by atoms with Gasteiger partial charge in [-0.25, -0.2) is 4.98 Å². The van der Waals surface area contributed by atoms with Crippen LogP contribution < -0.4 is 5.32 Å². The fourth-order valence-corrected chi connectivity index (χ4v) is 4.65. The maximum absolute atomic E-state index is 12.6. The highest BCUT2D eigenvalue weighted by Crippen LogP contribution is 2.39. The van der Waals surface area contributed by atoms with Crippen LogP contribution in [0.1, 0.15) is 16.2 Å². The first-order valence-corrected chi connectivity index (χ1v) is 10.9. The van der Waals surface area contributed by atoms with E-state index in [0.29, 0.717) is 22.3 Å². The van der Waals surface area contributed by atoms with Crippen LogP contribution in [-0.2, 0) is 11.3 Å². The molecular weight excluding hydrogens is 440 g/mol. The number of aromatic nitrogens is 3. The van der Waals surface area contributed by atoms with Gasteiger partial charge >= 0.3 is 5.97 Å². The van der Waals surface area contributed by atoms with Gasteiger partial charge in [0, 0.05) is 22.7 Å². The minimum absolute atomic E-state index is 0.232. The zero-order valence-corrected chi connectivity index (χ0v) is 18.0. The van der Waals surface area contributed by atoms with Gasteiger partial charge in [0.05, 0.1) is 17.9 Å². The highest BCUT2D eigenvalue weighted by Gasteiger charge is 2.24. The summed E-state index contributed by atoms with van der Waals surface area (Å²) in [6.45, 7) is -0.119. The summed E-state index contributed by atoms with van der Waals surface area (Å²) in [4.78, 5) is 27.9. The predicted molar refractivity (Wildman–Crippen MR) is 126 cm³/mol. The summed E-state index contributed by atoms with van der Waals surface area (Å²) < 4.78 is 7.09. The molecule has 0 saturated heterocycles. The molecule has 3 heterocycles. The fourth-order valence-electron chi connectivity index (χ4n) is 3.81. The Labute approximate surface area is 191 Å². The van der Waals surface area contributed by atoms with Crippen LogP contribution in [0.3, 0.4) is 0 Å². The second kappa shape index (κ2) is 8.36. The number of aromatic hydroxyl groups is 1. The number of carboxylic acid groups (broad SMARTS) is 1. The Morgan fingerprint density at radius 1 is 1.03 bits per heavy atom. The Morgan fingerprint density at radius 2 is 1.79 bits per heavy atom. The molecule has 0 radical (unpaired) electrons. The summed E-state index contributed by atoms with van der Waals surface area (Å²) in [6.07, 6.45) is 1.99. The molecule has 0 unspecified atom stereocenters. The van der Waals surface area contributed by atoms with Gasteiger partial charge in [0.2, 0.25) is 0 Å². The van der Waals surface area contributed by atoms with Crippen molar-refractivity contribution < 1.29 is 19.8 Å². The average molecular weight is 458 g/mol. The maximum Gasteiger partial charge on any atom is 0.322 e. The number of aliphatic carboxylic acids is 1. The molecule has 1 amide bonds. The second-order valence-corrected chi connectivity index (χ2v) is 8.21. The minimum Gasteiger partial charge on any atom is -0.504 e. The van der Waals surface area contributed by atoms with Crippen molar-refractivity contribution in [3.63, 3.8) is 0 Å². The first-order chi connectivity index (χ1) is 16.0. The molecular formula is C24H18N4O4S. The smallest absolute Gasteiger partial charge is 0.322 e. The van der Waals surface area contributed by atoms with E-state index in [4.69, 9.17) is 5.11 Å². The molecule has 0 aliphatic heterocycles. The SMILES string of the molecule is O=C(O)CNC(=O)c1nc(-c2ccccc2)c2c(Cn3ccc4ccccc43)nsc2c1O. The summed E-state index contributed by atoms with van der Waals surface area (Å²) in [6, 6.07) is 19.4. The number of para-hydroxylation sites is 1. The molecule has 9 heteroatoms. The van der Waals surface area contributed by atoms with Crippen molar-refractivity contribution in [3.8, 4) is 17.0 Å². The van der Waals surface area contributed by atoms with Gasteiger partial charge < -0.3 is 20.1 Å². The van der Waals surface area contributed by atoms with Crippen molar-refractivity contribution in [2.24, 2.45) is 0 Å². The molecule has 5 aromatic rings. The lowest BCUT2D eigenvalue weighted by atomic mass is 10.0. The quantitative estimate of drug-likeness (QED) is 0.355. The van der Waals surface area contributed by atoms with E-state index in [-0.39, 0.29) is 11.4 Å². The van der Waals surface area contributed by atoms with Gasteiger partial charge in [-0.15, -0.1) is 0 Å². The molecule has 0 aliphatic rings. The van der Waals surface area contributed by atoms with Gasteiger partial charge in [-0.1, -0.05) is 48.5 Å². The van der Waals surface area contributed by atoms with Gasteiger partial charge in [-0.3, -0.25) is 9.59 Å². The number of benzene rings is 2. The van der Waals surface area contributed by atoms with Crippen LogP contribution in [-0.4, -0.2) is 42.6 Å². The number of fused-ring (bicyclic) bond motifs is 2. The molecule has 0 atom stereocenters. The number of amides is 1. The Hall–Kier alpha value is -4.24. The summed E-state index contributed by atoms with van der Waals surface area (Å²) in [5, 5.41) is 23.8. The fraction of sp³-hybridized carbons (Fsp3) is 0.0833. The minimum atomic E-state index is -1.19. The van der Waals surface area contributed by atoms with Crippen LogP contribution in [0, 0.1) is 0 Å². The van der Waals surface area contributed by atoms with E-state index < -0.39 is 18.4 Å². The van der Waals surface area contributed by atoms with Gasteiger partial charge in [0.15, 0.2) is 11.4 Å². The Balaban J connectivity index is 1.67. The van der Waals surface area contributed by atoms with Crippen LogP contribution in [0.4, 0.5) is 0 Å². The standard InChI is InChI=1S/C24H18N4O4S/c29-18(30)12-25-24(32)21-22(31)23-19(20(26-21)15-7-2-1-3-8-15)16(27-33-23)13-28-11-10-14-6-4-5-9-17(14)28/h1-11,31H,12-13H2,(H,25,32)(H,29,30). The van der Waals surface area contributed by atoms with E-state index in [9.17, 15) is 14.7 Å². The number of carbonyl (C=O) groups is 2. The third-order valence-electron chi connectivity index (χ3n) is 5.33. The number of rotatable bonds is 6. The second-order valence-electron chi connectivity index (χ2n) is 7.44. The van der Waals surface area contributed by atoms with Crippen molar-refractivity contribution in [2.45, 2.75) is 6.54 Å². The van der Waals surface area contributed by atoms with Crippen LogP contribution in [0.15, 0.2) is 66.9 Å². The van der Waals surface area contributed by atoms with Crippen LogP contribution in [0.25, 0.3) is 32.2 Å². The number of carboxylic acids is 1. The first kappa shape index (κ1) is 20.7. The van der Waals surface area contributed by atoms with Crippen LogP contribution >= 0.6 is 11.5 Å². The number of hydrogen-bond donors (Lipinski definition) is 3. The van der Waals surface area contributed by atoms with E-state index in [2.05, 4.69) is 19.2 Å². The van der Waals surface area contributed by atoms with Crippen molar-refractivity contribution in [3.05, 3.63) is 78.2 Å². The molecule has 3 aromatic heterocycles. The van der Waals surface area contributed by atoms with E-state index in [1.165, 1.54) is 0 Å². The number of carbonyl (C=O) groups excluding carboxylic acids is 1. The number of hydrogen-bond acceptors (Lipinski definition) is 6. The molecule has 33 heavy (non-hydrogen) atoms. The summed E-state index contributed by atoms with van der Waals surface area (Å²) in [5.74, 6) is -2.26. The molecule has 2 aromatic carbocycles. The lowest BCUT2D eigenvalue weighted by Crippen LogP contribution is -2.30. The van der Waals surface area contributed by atoms with Crippen molar-refractivity contribution in [2.75, 3.05) is 6.54 Å². The molecule has 3 N–H and O–H groups in total. The highest BCUT2D eigenvalue weighted by molar-refractivity contribution is 7.14. The number of nitrogens with zero attached hydrogens (tertiary/aromatic N) is 3. The normalized spacial score (nSPS) is 11.2. The van der Waals surface area contributed by atoms with Crippen molar-refractivity contribution >= 4 is 44.4 Å². The third-order valence-corrected chi connectivity index (χ3v) is 6.22. The van der Waals surface area contributed by atoms with E-state index >= 15 is 0 Å². The molecule has 164 valence electrons. The van der Waals surface area contributed by atoms with Gasteiger partial charge in [0.1, 0.15) is 11.2 Å². The Morgan fingerprint density at radius 3 is 2.58 bits per heavy atom. The third kappa shape index (κ3) is 3.79. The van der Waals surface area contributed by atoms with Crippen LogP contribution in [0.2, 0.25) is 0 Å². The van der Waals surface area contributed by atoms with E-state index in [1.54, 1.807) is 0 Å². The van der Waals surface area contributed by atoms with E-state index in [0.717, 1.165) is 33.7 Å². The predicted octanol–water partition coefficient (Wildman–Crippen LogP) is 3.88. The Kier molecular flexibility index (Phi) is 5.23. The van der Waals surface area contributed by atoms with Gasteiger partial charge in [-0.05, 0) is 29.1 Å². The molecule has 8 nitrogen and oxygen atoms in total. The summed E-state index contributed by atoms with van der Waals surface area (Å²) in [7, 11) is 0. The summed E-state index contributed by atoms with van der Waals surface area (Å²) in [5.41, 5.74) is 2.80. The van der Waals surface area contributed by atoms with E-state index in [1.807, 2.05) is 66.9 Å². The molecule has 0 spiro atoms. The largest absolute Gasteiger partial charge is 0.504 e. The zero-order valence-electron chi connectivity index (χ0n) is 17.2. The molecule has 0 fully saturated rings. The first-order valence-electron chi connectivity index (χ1n) is 10.1.